The molecule has 17 heavy (non-hydrogen) atoms. The van der Waals surface area contributed by atoms with Crippen LogP contribution in [-0.4, -0.2) is 42.4 Å². The van der Waals surface area contributed by atoms with E-state index in [1.165, 1.54) is 15.7 Å². The number of halogens is 1. The summed E-state index contributed by atoms with van der Waals surface area (Å²) in [5.41, 5.74) is 0. The maximum absolute atomic E-state index is 11.6. The third kappa shape index (κ3) is 3.44. The largest absolute Gasteiger partial charge is 0.344 e. The van der Waals surface area contributed by atoms with Gasteiger partial charge in [-0.25, -0.2) is 13.4 Å². The van der Waals surface area contributed by atoms with Crippen molar-refractivity contribution < 1.29 is 13.2 Å². The molecule has 1 amide bonds. The summed E-state index contributed by atoms with van der Waals surface area (Å²) >= 11 is 0. The van der Waals surface area contributed by atoms with Crippen molar-refractivity contribution in [3.8, 4) is 0 Å². The second kappa shape index (κ2) is 5.05. The first kappa shape index (κ1) is 14.0. The van der Waals surface area contributed by atoms with Crippen molar-refractivity contribution >= 4 is 25.6 Å². The predicted molar refractivity (Wildman–Crippen MR) is 63.3 cm³/mol. The molecule has 1 rings (SSSR count). The molecule has 0 bridgehead atoms. The lowest BCUT2D eigenvalue weighted by Gasteiger charge is -2.14. The Kier molecular flexibility index (Phi) is 4.16. The molecule has 1 aromatic rings. The number of hydrogen-bond donors (Lipinski definition) is 0. The number of rotatable bonds is 4. The van der Waals surface area contributed by atoms with Gasteiger partial charge in [0.05, 0.1) is 0 Å². The number of hydrogen-bond acceptors (Lipinski definition) is 4. The van der Waals surface area contributed by atoms with Crippen LogP contribution in [0.3, 0.4) is 0 Å². The normalized spacial score (nSPS) is 11.5. The van der Waals surface area contributed by atoms with E-state index < -0.39 is 9.05 Å². The summed E-state index contributed by atoms with van der Waals surface area (Å²) in [6.45, 7) is 4.11. The van der Waals surface area contributed by atoms with Gasteiger partial charge in [-0.05, 0) is 13.8 Å². The topological polar surface area (TPSA) is 72.3 Å². The molecule has 96 valence electrons. The second-order valence-electron chi connectivity index (χ2n) is 3.60. The molecule has 0 radical (unpaired) electrons. The molecule has 0 saturated carbocycles. The van der Waals surface area contributed by atoms with Crippen LogP contribution in [0.5, 0.6) is 0 Å². The lowest BCUT2D eigenvalue weighted by atomic mass is 10.5. The fraction of sp³-hybridized carbons (Fsp3) is 0.556. The number of carbonyl (C=O) groups excluding carboxylic acids is 1. The maximum Gasteiger partial charge on any atom is 0.280 e. The molecular weight excluding hydrogens is 266 g/mol. The third-order valence-corrected chi connectivity index (χ3v) is 3.58. The molecule has 0 N–H and O–H groups in total. The van der Waals surface area contributed by atoms with Gasteiger partial charge in [-0.1, -0.05) is 0 Å². The average Bonchev–Trinajstić information content (AvgIpc) is 2.58. The zero-order chi connectivity index (χ0) is 13.2. The number of imidazole rings is 1. The van der Waals surface area contributed by atoms with Crippen molar-refractivity contribution in [3.63, 3.8) is 0 Å². The third-order valence-electron chi connectivity index (χ3n) is 2.41. The zero-order valence-electron chi connectivity index (χ0n) is 9.84. The molecule has 0 aliphatic heterocycles. The first-order chi connectivity index (χ1) is 7.75. The summed E-state index contributed by atoms with van der Waals surface area (Å²) in [5, 5.41) is -0.233. The van der Waals surface area contributed by atoms with E-state index in [-0.39, 0.29) is 17.5 Å². The van der Waals surface area contributed by atoms with Gasteiger partial charge in [0, 0.05) is 30.5 Å². The van der Waals surface area contributed by atoms with Crippen LogP contribution in [0.1, 0.15) is 12.7 Å². The highest BCUT2D eigenvalue weighted by atomic mass is 35.7. The zero-order valence-corrected chi connectivity index (χ0v) is 11.4. The fourth-order valence-electron chi connectivity index (χ4n) is 1.20. The van der Waals surface area contributed by atoms with E-state index in [0.717, 1.165) is 0 Å². The molecule has 0 aromatic carbocycles. The fourth-order valence-corrected chi connectivity index (χ4v) is 1.92. The van der Waals surface area contributed by atoms with E-state index in [2.05, 4.69) is 4.98 Å². The number of nitrogens with zero attached hydrogens (tertiary/aromatic N) is 3. The van der Waals surface area contributed by atoms with Crippen molar-refractivity contribution in [1.82, 2.24) is 14.5 Å². The quantitative estimate of drug-likeness (QED) is 0.757. The van der Waals surface area contributed by atoms with Crippen molar-refractivity contribution in [3.05, 3.63) is 12.0 Å². The summed E-state index contributed by atoms with van der Waals surface area (Å²) in [6.07, 6.45) is 1.26. The van der Waals surface area contributed by atoms with Gasteiger partial charge in [0.2, 0.25) is 5.91 Å². The molecule has 1 heterocycles. The van der Waals surface area contributed by atoms with Gasteiger partial charge in [-0.2, -0.15) is 0 Å². The number of aromatic nitrogens is 2. The minimum atomic E-state index is -3.85. The summed E-state index contributed by atoms with van der Waals surface area (Å²) in [5.74, 6) is 0.314. The van der Waals surface area contributed by atoms with Crippen LogP contribution in [0, 0.1) is 6.92 Å². The van der Waals surface area contributed by atoms with Crippen LogP contribution in [-0.2, 0) is 20.4 Å². The van der Waals surface area contributed by atoms with Gasteiger partial charge in [0.1, 0.15) is 12.4 Å². The maximum atomic E-state index is 11.6. The lowest BCUT2D eigenvalue weighted by Crippen LogP contribution is -2.29. The van der Waals surface area contributed by atoms with E-state index in [4.69, 9.17) is 10.7 Å². The Morgan fingerprint density at radius 1 is 1.59 bits per heavy atom. The molecule has 0 saturated heterocycles. The van der Waals surface area contributed by atoms with Gasteiger partial charge < -0.3 is 9.47 Å². The summed E-state index contributed by atoms with van der Waals surface area (Å²) in [6, 6.07) is 0. The van der Waals surface area contributed by atoms with Crippen LogP contribution in [0.2, 0.25) is 0 Å². The Morgan fingerprint density at radius 2 is 2.18 bits per heavy atom. The van der Waals surface area contributed by atoms with E-state index in [9.17, 15) is 13.2 Å². The highest BCUT2D eigenvalue weighted by molar-refractivity contribution is 8.13. The smallest absolute Gasteiger partial charge is 0.280 e. The Labute approximate surface area is 105 Å². The first-order valence-electron chi connectivity index (χ1n) is 4.98. The Hall–Kier alpha value is -1.08. The van der Waals surface area contributed by atoms with Gasteiger partial charge >= 0.3 is 0 Å². The molecule has 0 atom stereocenters. The molecular formula is C9H14ClN3O3S. The number of amides is 1. The van der Waals surface area contributed by atoms with Crippen LogP contribution in [0.4, 0.5) is 0 Å². The van der Waals surface area contributed by atoms with E-state index in [1.54, 1.807) is 14.0 Å². The van der Waals surface area contributed by atoms with Gasteiger partial charge in [-0.3, -0.25) is 4.79 Å². The molecule has 6 nitrogen and oxygen atoms in total. The standard InChI is InChI=1S/C9H14ClN3O3S/c1-4-12(3)9(14)6-13-5-8(11-7(13)2)17(10,15)16/h5H,4,6H2,1-3H3. The predicted octanol–water partition coefficient (Wildman–Crippen LogP) is 0.597. The Bertz CT molecular complexity index is 524. The van der Waals surface area contributed by atoms with E-state index >= 15 is 0 Å². The van der Waals surface area contributed by atoms with Gasteiger partial charge in [-0.15, -0.1) is 0 Å². The summed E-state index contributed by atoms with van der Waals surface area (Å²) < 4.78 is 23.6. The molecule has 0 unspecified atom stereocenters. The molecule has 1 aromatic heterocycles. The van der Waals surface area contributed by atoms with Crippen molar-refractivity contribution in [1.29, 1.82) is 0 Å². The van der Waals surface area contributed by atoms with E-state index in [0.29, 0.717) is 12.4 Å². The monoisotopic (exact) mass is 279 g/mol. The lowest BCUT2D eigenvalue weighted by molar-refractivity contribution is -0.130. The van der Waals surface area contributed by atoms with Crippen LogP contribution in [0.15, 0.2) is 11.2 Å². The van der Waals surface area contributed by atoms with Crippen LogP contribution < -0.4 is 0 Å². The summed E-state index contributed by atoms with van der Waals surface area (Å²) in [4.78, 5) is 17.0. The highest BCUT2D eigenvalue weighted by Gasteiger charge is 2.17. The summed E-state index contributed by atoms with van der Waals surface area (Å²) in [7, 11) is 2.99. The first-order valence-corrected chi connectivity index (χ1v) is 7.29. The van der Waals surface area contributed by atoms with Crippen LogP contribution >= 0.6 is 10.7 Å². The Balaban J connectivity index is 2.94. The average molecular weight is 280 g/mol. The van der Waals surface area contributed by atoms with Crippen molar-refractivity contribution in [2.75, 3.05) is 13.6 Å². The number of likely N-dealkylation sites (N-methyl/N-ethyl adjacent to an activating group) is 1. The molecule has 8 heteroatoms. The second-order valence-corrected chi connectivity index (χ2v) is 6.11. The minimum absolute atomic E-state index is 0.0512. The Morgan fingerprint density at radius 3 is 2.59 bits per heavy atom. The molecule has 0 aliphatic rings. The van der Waals surface area contributed by atoms with Gasteiger partial charge in [0.25, 0.3) is 9.05 Å². The van der Waals surface area contributed by atoms with E-state index in [1.807, 2.05) is 6.92 Å². The SMILES string of the molecule is CCN(C)C(=O)Cn1cc(S(=O)(=O)Cl)nc1C. The van der Waals surface area contributed by atoms with Crippen LogP contribution in [0.25, 0.3) is 0 Å². The minimum Gasteiger partial charge on any atom is -0.344 e. The molecule has 0 aliphatic carbocycles. The molecule has 0 spiro atoms. The number of carbonyl (C=O) groups is 1. The van der Waals surface area contributed by atoms with Crippen molar-refractivity contribution in [2.24, 2.45) is 0 Å². The highest BCUT2D eigenvalue weighted by Crippen LogP contribution is 2.14. The van der Waals surface area contributed by atoms with Gasteiger partial charge in [0.15, 0.2) is 5.03 Å². The number of aryl methyl sites for hydroxylation is 1. The van der Waals surface area contributed by atoms with Crippen molar-refractivity contribution in [2.45, 2.75) is 25.4 Å². The molecule has 0 fully saturated rings.